The van der Waals surface area contributed by atoms with Crippen LogP contribution in [0.3, 0.4) is 0 Å². The van der Waals surface area contributed by atoms with Gasteiger partial charge < -0.3 is 68.5 Å². The zero-order valence-corrected chi connectivity index (χ0v) is 79.1. The van der Waals surface area contributed by atoms with Gasteiger partial charge in [0.15, 0.2) is 6.29 Å². The average Bonchev–Trinajstić information content (AvgIpc) is 0.761. The number of aliphatic hydroxyl groups excluding tert-OH is 6. The number of ether oxygens (including phenoxy) is 8. The van der Waals surface area contributed by atoms with Crippen molar-refractivity contribution >= 4 is 238 Å². The van der Waals surface area contributed by atoms with Crippen LogP contribution in [-0.4, -0.2) is 269 Å². The Morgan fingerprint density at radius 1 is 0.423 bits per heavy atom. The third-order valence-electron chi connectivity index (χ3n) is 10.5. The van der Waals surface area contributed by atoms with Crippen molar-refractivity contribution in [1.29, 1.82) is 0 Å². The van der Waals surface area contributed by atoms with E-state index < -0.39 is 5.60 Å². The van der Waals surface area contributed by atoms with Crippen LogP contribution in [0.2, 0.25) is 0 Å². The summed E-state index contributed by atoms with van der Waals surface area (Å²) in [5, 5.41) is 54.3. The Hall–Kier alpha value is 2.67. The van der Waals surface area contributed by atoms with Crippen LogP contribution in [0.15, 0.2) is 91.0 Å². The smallest absolute Gasteiger partial charge is 0.306 e. The highest BCUT2D eigenvalue weighted by Gasteiger charge is 2.37. The molecule has 0 radical (unpaired) electrons. The minimum atomic E-state index is -0.647. The number of esters is 3. The quantitative estimate of drug-likeness (QED) is 0.00768. The molecule has 1 heterocycles. The summed E-state index contributed by atoms with van der Waals surface area (Å²) in [6, 6.07) is 31.3. The van der Waals surface area contributed by atoms with E-state index in [2.05, 4.69) is 125 Å². The number of carbonyl (C=O) groups is 3. The van der Waals surface area contributed by atoms with Crippen LogP contribution >= 0.6 is 220 Å². The Kier molecular flexibility index (Phi) is 101. The number of aliphatic hydroxyl groups is 6. The minimum absolute atomic E-state index is 0.0344. The maximum Gasteiger partial charge on any atom is 0.306 e. The summed E-state index contributed by atoms with van der Waals surface area (Å²) in [7, 11) is 30.9. The molecule has 17 nitrogen and oxygen atoms in total. The van der Waals surface area contributed by atoms with Crippen molar-refractivity contribution in [2.75, 3.05) is 208 Å². The van der Waals surface area contributed by atoms with E-state index in [1.54, 1.807) is 165 Å². The van der Waals surface area contributed by atoms with E-state index in [1.165, 1.54) is 38.2 Å². The first-order valence-corrected chi connectivity index (χ1v) is 56.6. The Morgan fingerprint density at radius 2 is 0.731 bits per heavy atom. The number of alkyl halides is 3. The van der Waals surface area contributed by atoms with Crippen molar-refractivity contribution in [2.24, 2.45) is 0 Å². The molecule has 1 aliphatic heterocycles. The second kappa shape index (κ2) is 92.8. The van der Waals surface area contributed by atoms with Crippen LogP contribution in [0.1, 0.15) is 83.4 Å². The van der Waals surface area contributed by atoms with Crippen LogP contribution < -0.4 is 0 Å². The molecule has 0 amide bonds. The largest absolute Gasteiger partial charge is 0.465 e. The predicted molar refractivity (Wildman–Crippen MR) is 490 cm³/mol. The van der Waals surface area contributed by atoms with E-state index in [0.717, 1.165) is 152 Å². The van der Waals surface area contributed by atoms with Gasteiger partial charge in [-0.3, -0.25) is 14.4 Å². The second-order valence-corrected chi connectivity index (χ2v) is 44.2. The standard InChI is InChI=1S/C23H24O2S2.C10H20O3S2.C9H18O3S2.C7H14O3S2.C6H12O3S2.C5H12O2S2.C4H8Br2S2.C4H9BrOS2/c24-16-18-26-27-19-17-25-23(20-10-4-1-5-11-20,21-12-6-2-7-13-21)22-14-8-3-9-15-22;1-10(2,3)13-9(12)5-4-7-14-15-8-6-11;10-4-7-13-14-8-6-12-9-3-1-2-5-11-9;1-7(8)10-4-6-12-11-5-3-9-2;1-6(8)9-3-5-11-10-4-2-7;1-7-3-5-9-8-4-2-6;2*5-1-3-7-8-4-2-6/h1-15,24H,16-19H2;11H,4-8H2,1-3H3;9-10H,1-8H2;3-6H2,1-2H3;7H,2-5H2,1H3;6H,2-5H2,1H3;1-4H2;6H,1-4H2. The first-order chi connectivity index (χ1) is 50.5. The van der Waals surface area contributed by atoms with Crippen LogP contribution in [0.25, 0.3) is 0 Å². The lowest BCUT2D eigenvalue weighted by molar-refractivity contribution is -0.158. The van der Waals surface area contributed by atoms with Crippen molar-refractivity contribution in [3.05, 3.63) is 108 Å². The van der Waals surface area contributed by atoms with Gasteiger partial charge in [-0.1, -0.05) is 311 Å². The van der Waals surface area contributed by atoms with Gasteiger partial charge in [0.25, 0.3) is 0 Å². The molecule has 104 heavy (non-hydrogen) atoms. The maximum atomic E-state index is 11.3. The predicted octanol–water partition coefficient (Wildman–Crippen LogP) is 18.2. The molecule has 36 heteroatoms. The Morgan fingerprint density at radius 3 is 1.03 bits per heavy atom. The van der Waals surface area contributed by atoms with Crippen LogP contribution in [0, 0.1) is 0 Å². The van der Waals surface area contributed by atoms with E-state index in [-0.39, 0.29) is 62.8 Å². The molecule has 0 bridgehead atoms. The number of benzene rings is 3. The van der Waals surface area contributed by atoms with E-state index in [9.17, 15) is 14.4 Å². The molecule has 6 N–H and O–H groups in total. The van der Waals surface area contributed by atoms with Crippen molar-refractivity contribution in [1.82, 2.24) is 0 Å². The Bertz CT molecular complexity index is 2080. The fraction of sp³-hybridized carbons (Fsp3) is 0.691. The van der Waals surface area contributed by atoms with E-state index in [0.29, 0.717) is 32.8 Å². The zero-order chi connectivity index (χ0) is 77.8. The van der Waals surface area contributed by atoms with Crippen LogP contribution in [0.4, 0.5) is 0 Å². The number of methoxy groups -OCH3 is 2. The number of carbonyl (C=O) groups excluding carboxylic acids is 3. The SMILES string of the molecule is BrCCSSCCBr.CC(=O)OCCSSCCO.CC(C)(C)OC(=O)CCCSSCCO.COCCSSCCO.COCCSSCCOC(C)=O.OCCSSCCBr.OCCSSCCOC(c1ccccc1)(c1ccccc1)c1ccccc1.OCCSSCCOC1CCCCO1. The molecule has 3 aromatic rings. The highest BCUT2D eigenvalue weighted by Crippen LogP contribution is 2.41. The number of halogens is 3. The lowest BCUT2D eigenvalue weighted by Crippen LogP contribution is -2.33. The number of hydrogen-bond donors (Lipinski definition) is 6. The lowest BCUT2D eigenvalue weighted by atomic mass is 9.80. The van der Waals surface area contributed by atoms with Gasteiger partial charge in [0, 0.05) is 149 Å². The number of rotatable bonds is 53. The van der Waals surface area contributed by atoms with Gasteiger partial charge in [-0.2, -0.15) is 0 Å². The molecular formula is C68H117Br3O17S16. The van der Waals surface area contributed by atoms with Crippen LogP contribution in [0.5, 0.6) is 0 Å². The molecule has 1 saturated heterocycles. The van der Waals surface area contributed by atoms with Gasteiger partial charge in [-0.15, -0.1) is 0 Å². The van der Waals surface area contributed by atoms with Gasteiger partial charge in [0.2, 0.25) is 0 Å². The summed E-state index contributed by atoms with van der Waals surface area (Å²) in [5.41, 5.74) is 2.34. The Balaban J connectivity index is -0.000000573. The second-order valence-electron chi connectivity index (χ2n) is 20.2. The maximum absolute atomic E-state index is 11.3. The summed E-state index contributed by atoms with van der Waals surface area (Å²) in [5.74, 6) is 14.0. The molecule has 1 aliphatic rings. The highest BCUT2D eigenvalue weighted by atomic mass is 79.9. The van der Waals surface area contributed by atoms with Gasteiger partial charge in [0.1, 0.15) is 24.4 Å². The summed E-state index contributed by atoms with van der Waals surface area (Å²) < 4.78 is 41.9. The minimum Gasteiger partial charge on any atom is -0.465 e. The summed E-state index contributed by atoms with van der Waals surface area (Å²) in [6.45, 7) is 14.6. The first-order valence-electron chi connectivity index (χ1n) is 33.3. The molecule has 4 rings (SSSR count). The van der Waals surface area contributed by atoms with E-state index in [1.807, 2.05) is 60.6 Å². The van der Waals surface area contributed by atoms with Crippen molar-refractivity contribution in [3.8, 4) is 0 Å². The molecule has 0 saturated carbocycles. The summed E-state index contributed by atoms with van der Waals surface area (Å²) in [4.78, 5) is 31.8. The molecule has 0 aliphatic carbocycles. The zero-order valence-electron chi connectivity index (χ0n) is 61.2. The van der Waals surface area contributed by atoms with Gasteiger partial charge in [0.05, 0.1) is 66.1 Å². The lowest BCUT2D eigenvalue weighted by Gasteiger charge is -2.36. The third kappa shape index (κ3) is 84.1. The summed E-state index contributed by atoms with van der Waals surface area (Å²) in [6.07, 6.45) is 4.77. The Labute approximate surface area is 713 Å². The molecular weight excluding hydrogens is 1840 g/mol. The highest BCUT2D eigenvalue weighted by molar-refractivity contribution is 9.09. The van der Waals surface area contributed by atoms with E-state index >= 15 is 0 Å². The fourth-order valence-electron chi connectivity index (χ4n) is 6.66. The summed E-state index contributed by atoms with van der Waals surface area (Å²) >= 11 is 10.0. The van der Waals surface area contributed by atoms with Crippen molar-refractivity contribution in [3.63, 3.8) is 0 Å². The van der Waals surface area contributed by atoms with E-state index in [4.69, 9.17) is 63.8 Å². The molecule has 0 spiro atoms. The average molecular weight is 1960 g/mol. The fourth-order valence-corrected chi connectivity index (χ4v) is 23.2. The topological polar surface area (TPSA) is 246 Å². The van der Waals surface area contributed by atoms with Crippen LogP contribution in [-0.2, 0) is 57.9 Å². The monoisotopic (exact) mass is 1950 g/mol. The van der Waals surface area contributed by atoms with Gasteiger partial charge in [-0.05, 0) is 63.1 Å². The van der Waals surface area contributed by atoms with Gasteiger partial charge >= 0.3 is 17.9 Å². The molecule has 0 aromatic heterocycles. The van der Waals surface area contributed by atoms with Crippen molar-refractivity contribution < 1.29 is 82.9 Å². The van der Waals surface area contributed by atoms with Gasteiger partial charge in [-0.25, -0.2) is 0 Å². The molecule has 608 valence electrons. The molecule has 1 fully saturated rings. The molecule has 3 aromatic carbocycles. The normalized spacial score (nSPS) is 12.2. The van der Waals surface area contributed by atoms with Crippen molar-refractivity contribution in [2.45, 2.75) is 84.2 Å². The number of hydrogen-bond acceptors (Lipinski definition) is 33. The molecule has 1 atom stereocenters. The molecule has 1 unspecified atom stereocenters. The third-order valence-corrected chi connectivity index (χ3v) is 32.3. The first kappa shape index (κ1) is 113.